The molecule has 0 unspecified atom stereocenters. The minimum atomic E-state index is -0.321. The van der Waals surface area contributed by atoms with E-state index >= 15 is 0 Å². The zero-order valence-corrected chi connectivity index (χ0v) is 12.1. The third-order valence-electron chi connectivity index (χ3n) is 2.29. The number of hydrazone groups is 1. The molecule has 0 atom stereocenters. The highest BCUT2D eigenvalue weighted by Gasteiger charge is 2.00. The van der Waals surface area contributed by atoms with Gasteiger partial charge in [0.1, 0.15) is 5.75 Å². The molecule has 5 nitrogen and oxygen atoms in total. The van der Waals surface area contributed by atoms with E-state index in [-0.39, 0.29) is 12.5 Å². The van der Waals surface area contributed by atoms with Crippen molar-refractivity contribution in [2.75, 3.05) is 6.61 Å². The molecule has 1 heterocycles. The summed E-state index contributed by atoms with van der Waals surface area (Å²) in [5, 5.41) is 3.83. The number of pyridine rings is 1. The number of hydrogen-bond acceptors (Lipinski definition) is 4. The van der Waals surface area contributed by atoms with Crippen LogP contribution in [0.15, 0.2) is 58.4 Å². The van der Waals surface area contributed by atoms with Crippen LogP contribution in [0.1, 0.15) is 5.56 Å². The molecule has 1 N–H and O–H groups in total. The van der Waals surface area contributed by atoms with Crippen molar-refractivity contribution >= 4 is 28.1 Å². The Kier molecular flexibility index (Phi) is 5.25. The van der Waals surface area contributed by atoms with Crippen LogP contribution in [0.2, 0.25) is 0 Å². The number of carbonyl (C=O) groups excluding carboxylic acids is 1. The van der Waals surface area contributed by atoms with Gasteiger partial charge in [-0.15, -0.1) is 0 Å². The van der Waals surface area contributed by atoms with Gasteiger partial charge in [0.2, 0.25) is 0 Å². The Hall–Kier alpha value is -2.21. The monoisotopic (exact) mass is 333 g/mol. The molecule has 0 aliphatic rings. The van der Waals surface area contributed by atoms with Gasteiger partial charge in [-0.05, 0) is 42.0 Å². The lowest BCUT2D eigenvalue weighted by atomic mass is 10.3. The van der Waals surface area contributed by atoms with Crippen LogP contribution >= 0.6 is 15.9 Å². The Labute approximate surface area is 124 Å². The van der Waals surface area contributed by atoms with Gasteiger partial charge in [0, 0.05) is 16.9 Å². The van der Waals surface area contributed by atoms with E-state index < -0.39 is 0 Å². The average Bonchev–Trinajstić information content (AvgIpc) is 2.48. The fourth-order valence-corrected chi connectivity index (χ4v) is 1.60. The molecule has 20 heavy (non-hydrogen) atoms. The lowest BCUT2D eigenvalue weighted by Crippen LogP contribution is -2.24. The minimum absolute atomic E-state index is 0.0880. The van der Waals surface area contributed by atoms with Crippen LogP contribution in [-0.2, 0) is 4.79 Å². The second-order valence-electron chi connectivity index (χ2n) is 3.82. The molecular formula is C14H12BrN3O2. The third-order valence-corrected chi connectivity index (χ3v) is 2.82. The van der Waals surface area contributed by atoms with E-state index in [0.29, 0.717) is 5.75 Å². The van der Waals surface area contributed by atoms with Crippen molar-refractivity contribution in [1.82, 2.24) is 10.4 Å². The summed E-state index contributed by atoms with van der Waals surface area (Å²) in [4.78, 5) is 15.4. The van der Waals surface area contributed by atoms with Crippen LogP contribution in [-0.4, -0.2) is 23.7 Å². The number of benzene rings is 1. The normalized spacial score (nSPS) is 10.4. The van der Waals surface area contributed by atoms with Gasteiger partial charge in [0.15, 0.2) is 6.61 Å². The van der Waals surface area contributed by atoms with Crippen molar-refractivity contribution in [2.45, 2.75) is 0 Å². The zero-order valence-electron chi connectivity index (χ0n) is 10.5. The van der Waals surface area contributed by atoms with Gasteiger partial charge in [0.25, 0.3) is 5.91 Å². The van der Waals surface area contributed by atoms with Gasteiger partial charge in [-0.2, -0.15) is 5.10 Å². The van der Waals surface area contributed by atoms with Crippen molar-refractivity contribution in [3.63, 3.8) is 0 Å². The van der Waals surface area contributed by atoms with Crippen LogP contribution in [0.4, 0.5) is 0 Å². The number of nitrogens with one attached hydrogen (secondary N) is 1. The predicted octanol–water partition coefficient (Wildman–Crippen LogP) is 2.37. The molecule has 0 fully saturated rings. The summed E-state index contributed by atoms with van der Waals surface area (Å²) in [7, 11) is 0. The van der Waals surface area contributed by atoms with Gasteiger partial charge in [-0.25, -0.2) is 5.43 Å². The Balaban J connectivity index is 1.76. The molecule has 0 bridgehead atoms. The summed E-state index contributed by atoms with van der Waals surface area (Å²) in [5.41, 5.74) is 3.24. The number of aromatic nitrogens is 1. The molecule has 1 aromatic heterocycles. The van der Waals surface area contributed by atoms with Crippen molar-refractivity contribution in [3.8, 4) is 5.75 Å². The van der Waals surface area contributed by atoms with Crippen LogP contribution in [0, 0.1) is 0 Å². The maximum Gasteiger partial charge on any atom is 0.277 e. The number of ether oxygens (including phenoxy) is 1. The predicted molar refractivity (Wildman–Crippen MR) is 79.6 cm³/mol. The molecule has 1 aromatic carbocycles. The first kappa shape index (κ1) is 14.2. The quantitative estimate of drug-likeness (QED) is 0.674. The molecule has 0 saturated carbocycles. The van der Waals surface area contributed by atoms with E-state index in [0.717, 1.165) is 10.0 Å². The van der Waals surface area contributed by atoms with Crippen LogP contribution in [0.25, 0.3) is 0 Å². The fourth-order valence-electron chi connectivity index (χ4n) is 1.34. The zero-order chi connectivity index (χ0) is 14.2. The van der Waals surface area contributed by atoms with Gasteiger partial charge in [0.05, 0.1) is 6.21 Å². The van der Waals surface area contributed by atoms with Crippen molar-refractivity contribution in [3.05, 3.63) is 58.8 Å². The molecule has 1 amide bonds. The third kappa shape index (κ3) is 4.81. The SMILES string of the molecule is O=C(COc1ccc(Br)cc1)N/N=C\c1ccncc1. The van der Waals surface area contributed by atoms with Gasteiger partial charge < -0.3 is 4.74 Å². The summed E-state index contributed by atoms with van der Waals surface area (Å²) in [6.07, 6.45) is 4.85. The standard InChI is InChI=1S/C14H12BrN3O2/c15-12-1-3-13(4-2-12)20-10-14(19)18-17-9-11-5-7-16-8-6-11/h1-9H,10H2,(H,18,19)/b17-9-. The van der Waals surface area contributed by atoms with Gasteiger partial charge in [-0.1, -0.05) is 15.9 Å². The Morgan fingerprint density at radius 1 is 1.25 bits per heavy atom. The van der Waals surface area contributed by atoms with E-state index in [4.69, 9.17) is 4.74 Å². The maximum absolute atomic E-state index is 11.5. The topological polar surface area (TPSA) is 63.6 Å². The van der Waals surface area contributed by atoms with Crippen molar-refractivity contribution in [1.29, 1.82) is 0 Å². The fraction of sp³-hybridized carbons (Fsp3) is 0.0714. The number of carbonyl (C=O) groups is 1. The molecule has 6 heteroatoms. The molecule has 102 valence electrons. The first-order chi connectivity index (χ1) is 9.74. The second-order valence-corrected chi connectivity index (χ2v) is 4.73. The van der Waals surface area contributed by atoms with Crippen molar-refractivity contribution in [2.24, 2.45) is 5.10 Å². The highest BCUT2D eigenvalue weighted by molar-refractivity contribution is 9.10. The molecule has 0 aliphatic carbocycles. The minimum Gasteiger partial charge on any atom is -0.484 e. The summed E-state index contributed by atoms with van der Waals surface area (Å²) in [6, 6.07) is 10.8. The number of amides is 1. The van der Waals surface area contributed by atoms with Gasteiger partial charge in [-0.3, -0.25) is 9.78 Å². The number of halogens is 1. The highest BCUT2D eigenvalue weighted by atomic mass is 79.9. The Morgan fingerprint density at radius 2 is 1.95 bits per heavy atom. The summed E-state index contributed by atoms with van der Waals surface area (Å²) < 4.78 is 6.26. The summed E-state index contributed by atoms with van der Waals surface area (Å²) >= 11 is 3.32. The van der Waals surface area contributed by atoms with E-state index in [9.17, 15) is 4.79 Å². The summed E-state index contributed by atoms with van der Waals surface area (Å²) in [5.74, 6) is 0.305. The maximum atomic E-state index is 11.5. The Bertz CT molecular complexity index is 585. The number of nitrogens with zero attached hydrogens (tertiary/aromatic N) is 2. The van der Waals surface area contributed by atoms with E-state index in [1.54, 1.807) is 42.9 Å². The average molecular weight is 334 g/mol. The molecule has 0 aliphatic heterocycles. The molecular weight excluding hydrogens is 322 g/mol. The number of rotatable bonds is 5. The molecule has 0 spiro atoms. The van der Waals surface area contributed by atoms with Crippen LogP contribution in [0.5, 0.6) is 5.75 Å². The van der Waals surface area contributed by atoms with Crippen molar-refractivity contribution < 1.29 is 9.53 Å². The molecule has 2 aromatic rings. The lowest BCUT2D eigenvalue weighted by Gasteiger charge is -2.04. The molecule has 2 rings (SSSR count). The smallest absolute Gasteiger partial charge is 0.277 e. The lowest BCUT2D eigenvalue weighted by molar-refractivity contribution is -0.123. The largest absolute Gasteiger partial charge is 0.484 e. The first-order valence-electron chi connectivity index (χ1n) is 5.84. The van der Waals surface area contributed by atoms with E-state index in [1.807, 2.05) is 12.1 Å². The second kappa shape index (κ2) is 7.40. The number of hydrogen-bond donors (Lipinski definition) is 1. The highest BCUT2D eigenvalue weighted by Crippen LogP contribution is 2.15. The van der Waals surface area contributed by atoms with Crippen LogP contribution < -0.4 is 10.2 Å². The van der Waals surface area contributed by atoms with Crippen LogP contribution in [0.3, 0.4) is 0 Å². The van der Waals surface area contributed by atoms with Gasteiger partial charge >= 0.3 is 0 Å². The molecule has 0 radical (unpaired) electrons. The summed E-state index contributed by atoms with van der Waals surface area (Å²) in [6.45, 7) is -0.0880. The van der Waals surface area contributed by atoms with E-state index in [2.05, 4.69) is 31.4 Å². The Morgan fingerprint density at radius 3 is 2.65 bits per heavy atom. The van der Waals surface area contributed by atoms with E-state index in [1.165, 1.54) is 0 Å². The first-order valence-corrected chi connectivity index (χ1v) is 6.63. The molecule has 0 saturated heterocycles.